The molecule has 7 heteroatoms. The smallest absolute Gasteiger partial charge is 0.176 e. The van der Waals surface area contributed by atoms with Gasteiger partial charge in [0.25, 0.3) is 0 Å². The van der Waals surface area contributed by atoms with E-state index in [1.165, 1.54) is 11.1 Å². The van der Waals surface area contributed by atoms with E-state index in [9.17, 15) is 0 Å². The van der Waals surface area contributed by atoms with Gasteiger partial charge in [0, 0.05) is 5.75 Å². The van der Waals surface area contributed by atoms with Gasteiger partial charge in [0.1, 0.15) is 4.70 Å². The highest BCUT2D eigenvalue weighted by Gasteiger charge is 2.20. The van der Waals surface area contributed by atoms with Crippen LogP contribution in [0.1, 0.15) is 16.7 Å². The Labute approximate surface area is 204 Å². The molecule has 4 nitrogen and oxygen atoms in total. The number of thiazole rings is 1. The number of rotatable bonds is 4. The number of imidazole rings is 1. The van der Waals surface area contributed by atoms with Crippen LogP contribution >= 0.6 is 35.3 Å². The van der Waals surface area contributed by atoms with Crippen LogP contribution in [0, 0.1) is 17.8 Å². The molecule has 0 spiro atoms. The van der Waals surface area contributed by atoms with E-state index in [1.54, 1.807) is 23.1 Å². The van der Waals surface area contributed by atoms with E-state index in [0.717, 1.165) is 53.1 Å². The van der Waals surface area contributed by atoms with Crippen LogP contribution in [-0.2, 0) is 5.75 Å². The van der Waals surface area contributed by atoms with Crippen molar-refractivity contribution >= 4 is 62.3 Å². The lowest BCUT2D eigenvalue weighted by Crippen LogP contribution is -2.02. The van der Waals surface area contributed by atoms with Crippen LogP contribution in [-0.4, -0.2) is 18.9 Å². The number of hydrogen-bond acceptors (Lipinski definition) is 5. The van der Waals surface area contributed by atoms with Crippen molar-refractivity contribution in [3.63, 3.8) is 0 Å². The molecule has 0 bridgehead atoms. The largest absolute Gasteiger partial charge is 0.275 e. The molecule has 6 aromatic rings. The molecule has 0 N–H and O–H groups in total. The summed E-state index contributed by atoms with van der Waals surface area (Å²) in [6.45, 7) is 4.26. The minimum absolute atomic E-state index is 0.779. The SMILES string of the molecule is Cc1ccccc1CSc1nc2c(sc(=S)n2-c2ccccc2C)c2nc3ccccc3n12. The molecule has 33 heavy (non-hydrogen) atoms. The summed E-state index contributed by atoms with van der Waals surface area (Å²) in [7, 11) is 0. The molecule has 0 aliphatic rings. The van der Waals surface area contributed by atoms with Crippen LogP contribution in [0.25, 0.3) is 32.7 Å². The van der Waals surface area contributed by atoms with Gasteiger partial charge >= 0.3 is 0 Å². The van der Waals surface area contributed by atoms with Gasteiger partial charge in [0.15, 0.2) is 20.4 Å². The third kappa shape index (κ3) is 3.39. The molecule has 162 valence electrons. The van der Waals surface area contributed by atoms with Crippen molar-refractivity contribution in [3.05, 3.63) is 93.4 Å². The highest BCUT2D eigenvalue weighted by atomic mass is 32.2. The molecule has 0 aliphatic carbocycles. The predicted molar refractivity (Wildman–Crippen MR) is 142 cm³/mol. The van der Waals surface area contributed by atoms with E-state index in [1.807, 2.05) is 18.2 Å². The lowest BCUT2D eigenvalue weighted by molar-refractivity contribution is 0.925. The zero-order chi connectivity index (χ0) is 22.5. The summed E-state index contributed by atoms with van der Waals surface area (Å²) in [5.74, 6) is 0.835. The second kappa shape index (κ2) is 8.09. The Morgan fingerprint density at radius 3 is 2.39 bits per heavy atom. The summed E-state index contributed by atoms with van der Waals surface area (Å²) in [6.07, 6.45) is 0. The minimum atomic E-state index is 0.779. The van der Waals surface area contributed by atoms with Gasteiger partial charge in [-0.3, -0.25) is 8.97 Å². The quantitative estimate of drug-likeness (QED) is 0.147. The topological polar surface area (TPSA) is 35.1 Å². The maximum atomic E-state index is 5.84. The van der Waals surface area contributed by atoms with Gasteiger partial charge in [-0.25, -0.2) is 9.97 Å². The van der Waals surface area contributed by atoms with Crippen molar-refractivity contribution in [2.45, 2.75) is 24.8 Å². The standard InChI is InChI=1S/C26H20N4S3/c1-16-9-3-5-11-18(16)15-32-25-28-24-22(23-27-19-12-6-8-14-21(19)29(23)25)33-26(31)30(24)20-13-7-4-10-17(20)2/h3-14H,15H2,1-2H3. The van der Waals surface area contributed by atoms with Gasteiger partial charge in [0.05, 0.1) is 16.7 Å². The Bertz CT molecular complexity index is 1730. The molecular weight excluding hydrogens is 465 g/mol. The Balaban J connectivity index is 1.64. The highest BCUT2D eigenvalue weighted by Crippen LogP contribution is 2.35. The second-order valence-electron chi connectivity index (χ2n) is 8.01. The van der Waals surface area contributed by atoms with Gasteiger partial charge in [-0.15, -0.1) is 0 Å². The first-order chi connectivity index (χ1) is 16.1. The molecule has 0 fully saturated rings. The summed E-state index contributed by atoms with van der Waals surface area (Å²) in [5.41, 5.74) is 8.64. The predicted octanol–water partition coefficient (Wildman–Crippen LogP) is 7.53. The number of aryl methyl sites for hydroxylation is 2. The molecular formula is C26H20N4S3. The number of nitrogens with zero attached hydrogens (tertiary/aromatic N) is 4. The molecule has 3 aromatic heterocycles. The van der Waals surface area contributed by atoms with E-state index in [4.69, 9.17) is 22.2 Å². The van der Waals surface area contributed by atoms with Crippen LogP contribution < -0.4 is 0 Å². The molecule has 0 saturated heterocycles. The summed E-state index contributed by atoms with van der Waals surface area (Å²) < 4.78 is 6.08. The fourth-order valence-corrected chi connectivity index (χ4v) is 6.58. The van der Waals surface area contributed by atoms with E-state index in [2.05, 4.69) is 77.4 Å². The lowest BCUT2D eigenvalue weighted by Gasteiger charge is -2.11. The molecule has 6 rings (SSSR count). The Morgan fingerprint density at radius 2 is 1.58 bits per heavy atom. The van der Waals surface area contributed by atoms with E-state index in [0.29, 0.717) is 0 Å². The fourth-order valence-electron chi connectivity index (χ4n) is 4.16. The number of fused-ring (bicyclic) bond motifs is 5. The first-order valence-electron chi connectivity index (χ1n) is 10.7. The fraction of sp³-hybridized carbons (Fsp3) is 0.115. The molecule has 0 radical (unpaired) electrons. The maximum absolute atomic E-state index is 5.84. The molecule has 0 unspecified atom stereocenters. The number of hydrogen-bond donors (Lipinski definition) is 0. The van der Waals surface area contributed by atoms with Crippen LogP contribution in [0.3, 0.4) is 0 Å². The monoisotopic (exact) mass is 484 g/mol. The average Bonchev–Trinajstić information content (AvgIpc) is 3.36. The summed E-state index contributed by atoms with van der Waals surface area (Å²) in [4.78, 5) is 10.2. The third-order valence-corrected chi connectivity index (χ3v) is 8.26. The molecule has 0 aliphatic heterocycles. The van der Waals surface area contributed by atoms with E-state index < -0.39 is 0 Å². The molecule has 0 saturated carbocycles. The van der Waals surface area contributed by atoms with Crippen LogP contribution in [0.5, 0.6) is 0 Å². The van der Waals surface area contributed by atoms with Gasteiger partial charge in [-0.05, 0) is 61.0 Å². The first-order valence-corrected chi connectivity index (χ1v) is 12.9. The Morgan fingerprint density at radius 1 is 0.848 bits per heavy atom. The maximum Gasteiger partial charge on any atom is 0.176 e. The summed E-state index contributed by atoms with van der Waals surface area (Å²) in [5, 5.41) is 0.921. The van der Waals surface area contributed by atoms with Crippen LogP contribution in [0.15, 0.2) is 78.0 Å². The highest BCUT2D eigenvalue weighted by molar-refractivity contribution is 7.98. The van der Waals surface area contributed by atoms with E-state index in [-0.39, 0.29) is 0 Å². The van der Waals surface area contributed by atoms with Crippen molar-refractivity contribution in [3.8, 4) is 5.69 Å². The summed E-state index contributed by atoms with van der Waals surface area (Å²) >= 11 is 9.15. The minimum Gasteiger partial charge on any atom is -0.275 e. The van der Waals surface area contributed by atoms with Gasteiger partial charge in [-0.1, -0.05) is 77.7 Å². The third-order valence-electron chi connectivity index (χ3n) is 5.92. The number of aromatic nitrogens is 4. The normalized spacial score (nSPS) is 11.7. The number of para-hydroxylation sites is 3. The summed E-state index contributed by atoms with van der Waals surface area (Å²) in [6, 6.07) is 25.1. The molecule has 0 atom stereocenters. The van der Waals surface area contributed by atoms with Gasteiger partial charge in [-0.2, -0.15) is 0 Å². The average molecular weight is 485 g/mol. The van der Waals surface area contributed by atoms with Crippen LogP contribution in [0.2, 0.25) is 0 Å². The Kier molecular flexibility index (Phi) is 5.05. The molecule has 0 amide bonds. The van der Waals surface area contributed by atoms with Crippen molar-refractivity contribution in [2.75, 3.05) is 0 Å². The van der Waals surface area contributed by atoms with Gasteiger partial charge < -0.3 is 0 Å². The lowest BCUT2D eigenvalue weighted by atomic mass is 10.1. The Hall–Kier alpha value is -3.00. The molecule has 3 aromatic carbocycles. The van der Waals surface area contributed by atoms with E-state index >= 15 is 0 Å². The zero-order valence-corrected chi connectivity index (χ0v) is 20.6. The second-order valence-corrected chi connectivity index (χ2v) is 10.6. The van der Waals surface area contributed by atoms with Crippen molar-refractivity contribution in [1.29, 1.82) is 0 Å². The zero-order valence-electron chi connectivity index (χ0n) is 18.1. The first kappa shape index (κ1) is 20.6. The van der Waals surface area contributed by atoms with Crippen molar-refractivity contribution in [1.82, 2.24) is 18.9 Å². The van der Waals surface area contributed by atoms with Crippen molar-refractivity contribution < 1.29 is 0 Å². The number of thioether (sulfide) groups is 1. The number of benzene rings is 3. The van der Waals surface area contributed by atoms with Gasteiger partial charge in [0.2, 0.25) is 0 Å². The van der Waals surface area contributed by atoms with Crippen molar-refractivity contribution in [2.24, 2.45) is 0 Å². The van der Waals surface area contributed by atoms with Crippen LogP contribution in [0.4, 0.5) is 0 Å². The molecule has 3 heterocycles.